The number of anilines is 2. The van der Waals surface area contributed by atoms with E-state index in [-0.39, 0.29) is 16.1 Å². The first-order chi connectivity index (χ1) is 8.90. The van der Waals surface area contributed by atoms with Gasteiger partial charge >= 0.3 is 0 Å². The third-order valence-corrected chi connectivity index (χ3v) is 4.08. The molecule has 6 heteroatoms. The molecule has 3 N–H and O–H groups in total. The van der Waals surface area contributed by atoms with Crippen LogP contribution >= 0.6 is 0 Å². The molecule has 0 aromatic heterocycles. The quantitative estimate of drug-likeness (QED) is 0.848. The summed E-state index contributed by atoms with van der Waals surface area (Å²) >= 11 is 0. The molecule has 0 radical (unpaired) electrons. The van der Waals surface area contributed by atoms with Gasteiger partial charge in [0.1, 0.15) is 5.82 Å². The maximum absolute atomic E-state index is 13.4. The molecule has 0 fully saturated rings. The van der Waals surface area contributed by atoms with Gasteiger partial charge in [-0.15, -0.1) is 0 Å². The molecule has 0 unspecified atom stereocenters. The summed E-state index contributed by atoms with van der Waals surface area (Å²) in [6.07, 6.45) is 0. The summed E-state index contributed by atoms with van der Waals surface area (Å²) in [5.74, 6) is -0.461. The zero-order valence-electron chi connectivity index (χ0n) is 10.2. The van der Waals surface area contributed by atoms with Crippen LogP contribution in [-0.2, 0) is 10.0 Å². The van der Waals surface area contributed by atoms with Crippen LogP contribution in [0.15, 0.2) is 47.4 Å². The van der Waals surface area contributed by atoms with Crippen LogP contribution in [0.5, 0.6) is 0 Å². The second-order valence-corrected chi connectivity index (χ2v) is 5.77. The zero-order valence-corrected chi connectivity index (χ0v) is 11.0. The van der Waals surface area contributed by atoms with Gasteiger partial charge in [-0.05, 0) is 43.3 Å². The lowest BCUT2D eigenvalue weighted by Gasteiger charge is -2.11. The normalized spacial score (nSPS) is 11.3. The minimum Gasteiger partial charge on any atom is -0.399 e. The first-order valence-electron chi connectivity index (χ1n) is 5.53. The second kappa shape index (κ2) is 4.89. The van der Waals surface area contributed by atoms with Crippen LogP contribution in [0.4, 0.5) is 15.8 Å². The highest BCUT2D eigenvalue weighted by molar-refractivity contribution is 7.92. The number of nitrogens with two attached hydrogens (primary N) is 1. The van der Waals surface area contributed by atoms with Gasteiger partial charge in [-0.25, -0.2) is 12.8 Å². The fourth-order valence-electron chi connectivity index (χ4n) is 1.57. The number of hydrogen-bond donors (Lipinski definition) is 2. The van der Waals surface area contributed by atoms with Crippen LogP contribution < -0.4 is 10.5 Å². The topological polar surface area (TPSA) is 72.2 Å². The van der Waals surface area contributed by atoms with Gasteiger partial charge in [-0.3, -0.25) is 4.72 Å². The molecule has 0 amide bonds. The zero-order chi connectivity index (χ0) is 14.0. The Kier molecular flexibility index (Phi) is 3.44. The van der Waals surface area contributed by atoms with E-state index in [0.717, 1.165) is 0 Å². The van der Waals surface area contributed by atoms with E-state index in [9.17, 15) is 12.8 Å². The van der Waals surface area contributed by atoms with Crippen molar-refractivity contribution in [3.8, 4) is 0 Å². The lowest BCUT2D eigenvalue weighted by atomic mass is 10.2. The molecule has 0 aliphatic heterocycles. The van der Waals surface area contributed by atoms with Gasteiger partial charge in [0, 0.05) is 11.3 Å². The number of sulfonamides is 1. The van der Waals surface area contributed by atoms with Crippen molar-refractivity contribution < 1.29 is 12.8 Å². The van der Waals surface area contributed by atoms with Crippen molar-refractivity contribution in [1.29, 1.82) is 0 Å². The van der Waals surface area contributed by atoms with E-state index >= 15 is 0 Å². The van der Waals surface area contributed by atoms with E-state index in [2.05, 4.69) is 4.72 Å². The number of hydrogen-bond acceptors (Lipinski definition) is 3. The standard InChI is InChI=1S/C13H13FN2O2S/c1-9-12(14)3-2-4-13(9)16-19(17,18)11-7-5-10(15)6-8-11/h2-8,16H,15H2,1H3. The molecular formula is C13H13FN2O2S. The maximum atomic E-state index is 13.4. The number of halogens is 1. The molecular weight excluding hydrogens is 267 g/mol. The smallest absolute Gasteiger partial charge is 0.261 e. The Morgan fingerprint density at radius 1 is 1.11 bits per heavy atom. The maximum Gasteiger partial charge on any atom is 0.261 e. The van der Waals surface area contributed by atoms with Crippen molar-refractivity contribution in [2.75, 3.05) is 10.5 Å². The van der Waals surface area contributed by atoms with Crippen LogP contribution in [0.3, 0.4) is 0 Å². The lowest BCUT2D eigenvalue weighted by molar-refractivity contribution is 0.601. The van der Waals surface area contributed by atoms with Gasteiger partial charge in [-0.2, -0.15) is 0 Å². The van der Waals surface area contributed by atoms with E-state index in [0.29, 0.717) is 5.69 Å². The van der Waals surface area contributed by atoms with Crippen LogP contribution in [0, 0.1) is 12.7 Å². The van der Waals surface area contributed by atoms with Crippen molar-refractivity contribution in [3.05, 3.63) is 53.8 Å². The lowest BCUT2D eigenvalue weighted by Crippen LogP contribution is -2.14. The molecule has 0 heterocycles. The Morgan fingerprint density at radius 3 is 2.37 bits per heavy atom. The van der Waals surface area contributed by atoms with Crippen molar-refractivity contribution in [3.63, 3.8) is 0 Å². The molecule has 2 aromatic rings. The third kappa shape index (κ3) is 2.85. The Balaban J connectivity index is 2.36. The van der Waals surface area contributed by atoms with Crippen LogP contribution in [-0.4, -0.2) is 8.42 Å². The van der Waals surface area contributed by atoms with Gasteiger partial charge in [0.15, 0.2) is 0 Å². The average Bonchev–Trinajstić information content (AvgIpc) is 2.35. The van der Waals surface area contributed by atoms with Gasteiger partial charge in [0.25, 0.3) is 10.0 Å². The van der Waals surface area contributed by atoms with Gasteiger partial charge in [-0.1, -0.05) is 6.07 Å². The highest BCUT2D eigenvalue weighted by atomic mass is 32.2. The van der Waals surface area contributed by atoms with Gasteiger partial charge < -0.3 is 5.73 Å². The van der Waals surface area contributed by atoms with E-state index in [4.69, 9.17) is 5.73 Å². The van der Waals surface area contributed by atoms with Crippen molar-refractivity contribution >= 4 is 21.4 Å². The first-order valence-corrected chi connectivity index (χ1v) is 7.02. The van der Waals surface area contributed by atoms with E-state index in [1.54, 1.807) is 0 Å². The summed E-state index contributed by atoms with van der Waals surface area (Å²) in [7, 11) is -3.74. The first kappa shape index (κ1) is 13.4. The number of nitrogens with one attached hydrogen (secondary N) is 1. The summed E-state index contributed by atoms with van der Waals surface area (Å²) in [5.41, 5.74) is 6.45. The molecule has 0 bridgehead atoms. The van der Waals surface area contributed by atoms with Gasteiger partial charge in [0.05, 0.1) is 10.6 Å². The molecule has 0 spiro atoms. The highest BCUT2D eigenvalue weighted by Crippen LogP contribution is 2.21. The van der Waals surface area contributed by atoms with Crippen LogP contribution in [0.25, 0.3) is 0 Å². The largest absolute Gasteiger partial charge is 0.399 e. The highest BCUT2D eigenvalue weighted by Gasteiger charge is 2.15. The Labute approximate surface area is 111 Å². The van der Waals surface area contributed by atoms with E-state index < -0.39 is 15.8 Å². The summed E-state index contributed by atoms with van der Waals surface area (Å²) in [5, 5.41) is 0. The minimum absolute atomic E-state index is 0.0744. The molecule has 100 valence electrons. The molecule has 2 aromatic carbocycles. The molecule has 0 atom stereocenters. The Morgan fingerprint density at radius 2 is 1.74 bits per heavy atom. The fourth-order valence-corrected chi connectivity index (χ4v) is 2.69. The van der Waals surface area contributed by atoms with Crippen molar-refractivity contribution in [1.82, 2.24) is 0 Å². The molecule has 0 aliphatic carbocycles. The monoisotopic (exact) mass is 280 g/mol. The molecule has 0 saturated carbocycles. The molecule has 0 aliphatic rings. The fraction of sp³-hybridized carbons (Fsp3) is 0.0769. The molecule has 0 saturated heterocycles. The van der Waals surface area contributed by atoms with Gasteiger partial charge in [0.2, 0.25) is 0 Å². The van der Waals surface area contributed by atoms with Crippen molar-refractivity contribution in [2.24, 2.45) is 0 Å². The second-order valence-electron chi connectivity index (χ2n) is 4.09. The summed E-state index contributed by atoms with van der Waals surface area (Å²) in [6, 6.07) is 10.0. The predicted molar refractivity (Wildman–Crippen MR) is 72.8 cm³/mol. The molecule has 19 heavy (non-hydrogen) atoms. The van der Waals surface area contributed by atoms with Crippen LogP contribution in [0.1, 0.15) is 5.56 Å². The molecule has 4 nitrogen and oxygen atoms in total. The number of rotatable bonds is 3. The summed E-state index contributed by atoms with van der Waals surface area (Å²) < 4.78 is 39.9. The summed E-state index contributed by atoms with van der Waals surface area (Å²) in [4.78, 5) is 0.0744. The third-order valence-electron chi connectivity index (χ3n) is 2.70. The van der Waals surface area contributed by atoms with E-state index in [1.165, 1.54) is 49.4 Å². The average molecular weight is 280 g/mol. The Hall–Kier alpha value is -2.08. The minimum atomic E-state index is -3.74. The Bertz CT molecular complexity index is 697. The number of nitrogen functional groups attached to an aromatic ring is 1. The number of benzene rings is 2. The SMILES string of the molecule is Cc1c(F)cccc1NS(=O)(=O)c1ccc(N)cc1. The van der Waals surface area contributed by atoms with Crippen molar-refractivity contribution in [2.45, 2.75) is 11.8 Å². The van der Waals surface area contributed by atoms with E-state index in [1.807, 2.05) is 0 Å². The molecule has 2 rings (SSSR count). The van der Waals surface area contributed by atoms with Crippen LogP contribution in [0.2, 0.25) is 0 Å². The summed E-state index contributed by atoms with van der Waals surface area (Å²) in [6.45, 7) is 1.51. The predicted octanol–water partition coefficient (Wildman–Crippen LogP) is 2.52.